The number of imidazole rings is 1. The van der Waals surface area contributed by atoms with E-state index in [-0.39, 0.29) is 12.3 Å². The number of nitrogens with zero attached hydrogens (tertiary/aromatic N) is 4. The number of ether oxygens (including phenoxy) is 1. The Labute approximate surface area is 196 Å². The summed E-state index contributed by atoms with van der Waals surface area (Å²) in [4.78, 5) is 8.96. The second-order valence-corrected chi connectivity index (χ2v) is 9.08. The van der Waals surface area contributed by atoms with E-state index < -0.39 is 0 Å². The van der Waals surface area contributed by atoms with Crippen LogP contribution in [0.4, 0.5) is 0 Å². The third-order valence-corrected chi connectivity index (χ3v) is 6.82. The van der Waals surface area contributed by atoms with E-state index in [1.807, 2.05) is 35.9 Å². The van der Waals surface area contributed by atoms with Gasteiger partial charge in [0.25, 0.3) is 0 Å². The first kappa shape index (κ1) is 21.3. The number of fused-ring (bicyclic) bond motifs is 1. The van der Waals surface area contributed by atoms with E-state index in [4.69, 9.17) is 4.74 Å². The quantitative estimate of drug-likeness (QED) is 0.558. The second kappa shape index (κ2) is 9.15. The molecule has 32 heavy (non-hydrogen) atoms. The Bertz CT molecular complexity index is 1130. The first-order chi connectivity index (χ1) is 15.6. The predicted octanol–water partition coefficient (Wildman–Crippen LogP) is 4.00. The summed E-state index contributed by atoms with van der Waals surface area (Å²) in [5.74, 6) is 1.00. The van der Waals surface area contributed by atoms with Gasteiger partial charge in [0.2, 0.25) is 5.88 Å². The average Bonchev–Trinajstić information content (AvgIpc) is 3.43. The summed E-state index contributed by atoms with van der Waals surface area (Å²) < 4.78 is 8.64. The van der Waals surface area contributed by atoms with Crippen molar-refractivity contribution < 1.29 is 4.74 Å². The number of aromatic nitrogens is 3. The fourth-order valence-electron chi connectivity index (χ4n) is 4.58. The molecule has 166 valence electrons. The highest BCUT2D eigenvalue weighted by Gasteiger charge is 2.39. The molecule has 2 aliphatic heterocycles. The van der Waals surface area contributed by atoms with Crippen LogP contribution in [-0.2, 0) is 0 Å². The summed E-state index contributed by atoms with van der Waals surface area (Å²) in [7, 11) is 1.64. The Morgan fingerprint density at radius 2 is 2.09 bits per heavy atom. The van der Waals surface area contributed by atoms with Crippen molar-refractivity contribution >= 4 is 22.0 Å². The zero-order chi connectivity index (χ0) is 22.1. The minimum Gasteiger partial charge on any atom is -0.479 e. The van der Waals surface area contributed by atoms with Crippen LogP contribution in [0, 0.1) is 6.92 Å². The number of methoxy groups -OCH3 is 1. The molecule has 5 rings (SSSR count). The number of halogens is 1. The van der Waals surface area contributed by atoms with Crippen LogP contribution in [0.3, 0.4) is 0 Å². The normalized spacial score (nSPS) is 23.5. The van der Waals surface area contributed by atoms with Gasteiger partial charge in [-0.2, -0.15) is 0 Å². The van der Waals surface area contributed by atoms with Gasteiger partial charge in [0.05, 0.1) is 37.2 Å². The van der Waals surface area contributed by atoms with Gasteiger partial charge >= 0.3 is 0 Å². The minimum atomic E-state index is 0.0480. The highest BCUT2D eigenvalue weighted by molar-refractivity contribution is 9.10. The number of hydrazine groups is 1. The molecular formula is C24H27BrN6O. The van der Waals surface area contributed by atoms with Gasteiger partial charge in [-0.3, -0.25) is 5.32 Å². The van der Waals surface area contributed by atoms with Gasteiger partial charge < -0.3 is 9.30 Å². The number of hydrogen-bond donors (Lipinski definition) is 2. The van der Waals surface area contributed by atoms with E-state index >= 15 is 0 Å². The van der Waals surface area contributed by atoms with Crippen molar-refractivity contribution in [2.75, 3.05) is 13.7 Å². The molecular weight excluding hydrogens is 468 g/mol. The number of nitrogens with one attached hydrogen (secondary N) is 2. The molecule has 0 radical (unpaired) electrons. The average molecular weight is 495 g/mol. The molecule has 2 aliphatic rings. The topological polar surface area (TPSA) is 67.2 Å². The van der Waals surface area contributed by atoms with Crippen molar-refractivity contribution in [3.05, 3.63) is 76.4 Å². The van der Waals surface area contributed by atoms with Gasteiger partial charge in [-0.25, -0.2) is 20.4 Å². The maximum atomic E-state index is 5.54. The number of pyridine rings is 1. The summed E-state index contributed by atoms with van der Waals surface area (Å²) in [5.41, 5.74) is 7.63. The van der Waals surface area contributed by atoms with E-state index in [0.717, 1.165) is 23.6 Å². The van der Waals surface area contributed by atoms with E-state index in [0.29, 0.717) is 11.8 Å². The molecule has 2 unspecified atom stereocenters. The Morgan fingerprint density at radius 1 is 1.22 bits per heavy atom. The maximum Gasteiger partial charge on any atom is 0.238 e. The Hall–Kier alpha value is -2.52. The van der Waals surface area contributed by atoms with Crippen LogP contribution >= 0.6 is 15.9 Å². The summed E-state index contributed by atoms with van der Waals surface area (Å²) >= 11 is 3.74. The lowest BCUT2D eigenvalue weighted by Gasteiger charge is -2.36. The summed E-state index contributed by atoms with van der Waals surface area (Å²) in [5, 5.41) is 6.08. The molecule has 0 spiro atoms. The third-order valence-electron chi connectivity index (χ3n) is 6.10. The van der Waals surface area contributed by atoms with E-state index in [1.54, 1.807) is 13.4 Å². The predicted molar refractivity (Wildman–Crippen MR) is 128 cm³/mol. The minimum absolute atomic E-state index is 0.0480. The van der Waals surface area contributed by atoms with Gasteiger partial charge in [-0.1, -0.05) is 34.1 Å². The summed E-state index contributed by atoms with van der Waals surface area (Å²) in [6, 6.07) is 12.5. The molecule has 0 bridgehead atoms. The molecule has 2 aromatic heterocycles. The van der Waals surface area contributed by atoms with Crippen molar-refractivity contribution in [2.45, 2.75) is 38.0 Å². The molecule has 2 saturated heterocycles. The Kier molecular flexibility index (Phi) is 6.10. The lowest BCUT2D eigenvalue weighted by molar-refractivity contribution is 0.114. The first-order valence-corrected chi connectivity index (χ1v) is 11.7. The Balaban J connectivity index is 1.32. The summed E-state index contributed by atoms with van der Waals surface area (Å²) in [6.45, 7) is 3.00. The van der Waals surface area contributed by atoms with Gasteiger partial charge in [-0.05, 0) is 55.7 Å². The number of rotatable bonds is 5. The van der Waals surface area contributed by atoms with Crippen LogP contribution < -0.4 is 15.5 Å². The molecule has 3 aromatic rings. The molecule has 2 fully saturated rings. The van der Waals surface area contributed by atoms with Gasteiger partial charge in [0.15, 0.2) is 0 Å². The van der Waals surface area contributed by atoms with E-state index in [1.165, 1.54) is 22.9 Å². The van der Waals surface area contributed by atoms with Crippen LogP contribution in [0.2, 0.25) is 0 Å². The highest BCUT2D eigenvalue weighted by Crippen LogP contribution is 2.36. The van der Waals surface area contributed by atoms with Gasteiger partial charge in [0.1, 0.15) is 5.69 Å². The first-order valence-electron chi connectivity index (χ1n) is 10.9. The fraction of sp³-hybridized carbons (Fsp3) is 0.333. The van der Waals surface area contributed by atoms with Crippen LogP contribution in [0.5, 0.6) is 5.88 Å². The summed E-state index contributed by atoms with van der Waals surface area (Å²) in [6.07, 6.45) is 10.5. The molecule has 0 amide bonds. The molecule has 0 aliphatic carbocycles. The lowest BCUT2D eigenvalue weighted by atomic mass is 9.88. The Morgan fingerprint density at radius 3 is 2.88 bits per heavy atom. The maximum absolute atomic E-state index is 5.54. The van der Waals surface area contributed by atoms with Crippen LogP contribution in [0.25, 0.3) is 11.8 Å². The molecule has 4 heterocycles. The molecule has 2 N–H and O–H groups in total. The van der Waals surface area contributed by atoms with E-state index in [2.05, 4.69) is 72.0 Å². The molecule has 7 nitrogen and oxygen atoms in total. The molecule has 3 atom stereocenters. The zero-order valence-electron chi connectivity index (χ0n) is 18.2. The molecule has 8 heteroatoms. The van der Waals surface area contributed by atoms with Crippen LogP contribution in [0.15, 0.2) is 59.5 Å². The third kappa shape index (κ3) is 4.23. The standard InChI is InChI=1S/C24H27BrN6O/c1-16-14-30(15-26-16)21-11-9-17(27-24(21)32-2)10-12-22-28-23-19(7-5-13-31(23)29-22)18-6-3-4-8-20(18)25/h3-4,6,8-12,14-15,19,22-23,28-29H,5,7,13H2,1-2H3/t19-,22?,23?/m1/s1. The van der Waals surface area contributed by atoms with Crippen molar-refractivity contribution in [3.8, 4) is 11.6 Å². The van der Waals surface area contributed by atoms with Crippen molar-refractivity contribution in [2.24, 2.45) is 0 Å². The second-order valence-electron chi connectivity index (χ2n) is 8.23. The molecule has 0 saturated carbocycles. The number of aryl methyl sites for hydroxylation is 1. The monoisotopic (exact) mass is 494 g/mol. The largest absolute Gasteiger partial charge is 0.479 e. The van der Waals surface area contributed by atoms with Crippen molar-refractivity contribution in [3.63, 3.8) is 0 Å². The van der Waals surface area contributed by atoms with Gasteiger partial charge in [0, 0.05) is 23.1 Å². The van der Waals surface area contributed by atoms with Crippen molar-refractivity contribution in [1.29, 1.82) is 0 Å². The SMILES string of the molecule is COc1nc(C=CC2NC3[C@@H](c4ccccc4Br)CCCN3N2)ccc1-n1cnc(C)c1. The lowest BCUT2D eigenvalue weighted by Crippen LogP contribution is -2.47. The number of hydrogen-bond acceptors (Lipinski definition) is 6. The zero-order valence-corrected chi connectivity index (χ0v) is 19.8. The number of benzene rings is 1. The van der Waals surface area contributed by atoms with Gasteiger partial charge in [-0.15, -0.1) is 0 Å². The number of piperidine rings is 1. The van der Waals surface area contributed by atoms with Crippen LogP contribution in [-0.4, -0.2) is 45.5 Å². The highest BCUT2D eigenvalue weighted by atomic mass is 79.9. The van der Waals surface area contributed by atoms with Crippen LogP contribution in [0.1, 0.15) is 35.7 Å². The smallest absolute Gasteiger partial charge is 0.238 e. The fourth-order valence-corrected chi connectivity index (χ4v) is 5.16. The van der Waals surface area contributed by atoms with Crippen molar-refractivity contribution in [1.82, 2.24) is 30.3 Å². The molecule has 1 aromatic carbocycles. The van der Waals surface area contributed by atoms with E-state index in [9.17, 15) is 0 Å².